The Bertz CT molecular complexity index is 332. The minimum atomic E-state index is -0.0102. The molecule has 0 bridgehead atoms. The molecular formula is C12H18N2O. The van der Waals surface area contributed by atoms with Crippen molar-refractivity contribution in [3.8, 4) is 0 Å². The fraction of sp³-hybridized carbons (Fsp3) is 0.417. The van der Waals surface area contributed by atoms with E-state index in [0.29, 0.717) is 5.56 Å². The fourth-order valence-corrected chi connectivity index (χ4v) is 1.58. The Balaban J connectivity index is 2.96. The fourth-order valence-electron chi connectivity index (χ4n) is 1.58. The SMILES string of the molecule is CCN(CC)c1cccc(C(=O)CN)c1. The molecule has 0 amide bonds. The number of benzene rings is 1. The van der Waals surface area contributed by atoms with E-state index in [2.05, 4.69) is 18.7 Å². The molecule has 0 aliphatic heterocycles. The van der Waals surface area contributed by atoms with Gasteiger partial charge in [0.2, 0.25) is 0 Å². The minimum Gasteiger partial charge on any atom is -0.372 e. The van der Waals surface area contributed by atoms with E-state index in [0.717, 1.165) is 18.8 Å². The van der Waals surface area contributed by atoms with Crippen molar-refractivity contribution in [2.45, 2.75) is 13.8 Å². The molecule has 0 aliphatic rings. The first-order chi connectivity index (χ1) is 7.22. The molecule has 1 rings (SSSR count). The van der Waals surface area contributed by atoms with Crippen molar-refractivity contribution in [3.05, 3.63) is 29.8 Å². The summed E-state index contributed by atoms with van der Waals surface area (Å²) in [5, 5.41) is 0. The van der Waals surface area contributed by atoms with Crippen LogP contribution in [0.2, 0.25) is 0 Å². The van der Waals surface area contributed by atoms with Crippen molar-refractivity contribution < 1.29 is 4.79 Å². The summed E-state index contributed by atoms with van der Waals surface area (Å²) in [5.41, 5.74) is 7.11. The Hall–Kier alpha value is -1.35. The van der Waals surface area contributed by atoms with Crippen molar-refractivity contribution in [1.82, 2.24) is 0 Å². The van der Waals surface area contributed by atoms with Gasteiger partial charge in [-0.3, -0.25) is 4.79 Å². The predicted octanol–water partition coefficient (Wildman–Crippen LogP) is 1.67. The third-order valence-electron chi connectivity index (χ3n) is 2.48. The predicted molar refractivity (Wildman–Crippen MR) is 63.4 cm³/mol. The van der Waals surface area contributed by atoms with Crippen molar-refractivity contribution in [2.24, 2.45) is 5.73 Å². The number of carbonyl (C=O) groups is 1. The third-order valence-corrected chi connectivity index (χ3v) is 2.48. The Morgan fingerprint density at radius 3 is 2.53 bits per heavy atom. The van der Waals surface area contributed by atoms with E-state index in [1.54, 1.807) is 0 Å². The van der Waals surface area contributed by atoms with Crippen LogP contribution in [-0.4, -0.2) is 25.4 Å². The number of nitrogens with zero attached hydrogens (tertiary/aromatic N) is 1. The van der Waals surface area contributed by atoms with Gasteiger partial charge in [-0.25, -0.2) is 0 Å². The van der Waals surface area contributed by atoms with Gasteiger partial charge >= 0.3 is 0 Å². The van der Waals surface area contributed by atoms with E-state index in [9.17, 15) is 4.79 Å². The molecule has 3 nitrogen and oxygen atoms in total. The second-order valence-electron chi connectivity index (χ2n) is 3.35. The van der Waals surface area contributed by atoms with E-state index in [4.69, 9.17) is 5.73 Å². The van der Waals surface area contributed by atoms with Gasteiger partial charge in [-0.15, -0.1) is 0 Å². The van der Waals surface area contributed by atoms with Gasteiger partial charge in [0.05, 0.1) is 6.54 Å². The first kappa shape index (κ1) is 11.7. The third kappa shape index (κ3) is 2.80. The maximum absolute atomic E-state index is 11.4. The number of rotatable bonds is 5. The van der Waals surface area contributed by atoms with E-state index >= 15 is 0 Å². The maximum Gasteiger partial charge on any atom is 0.176 e. The van der Waals surface area contributed by atoms with Crippen LogP contribution in [-0.2, 0) is 0 Å². The molecule has 0 saturated carbocycles. The van der Waals surface area contributed by atoms with Gasteiger partial charge in [-0.05, 0) is 26.0 Å². The van der Waals surface area contributed by atoms with Crippen LogP contribution >= 0.6 is 0 Å². The lowest BCUT2D eigenvalue weighted by atomic mass is 10.1. The van der Waals surface area contributed by atoms with Crippen molar-refractivity contribution in [2.75, 3.05) is 24.5 Å². The first-order valence-corrected chi connectivity index (χ1v) is 5.31. The smallest absolute Gasteiger partial charge is 0.176 e. The molecule has 1 aromatic carbocycles. The summed E-state index contributed by atoms with van der Waals surface area (Å²) < 4.78 is 0. The van der Waals surface area contributed by atoms with Gasteiger partial charge in [0.15, 0.2) is 5.78 Å². The van der Waals surface area contributed by atoms with Crippen LogP contribution in [0.1, 0.15) is 24.2 Å². The molecule has 15 heavy (non-hydrogen) atoms. The van der Waals surface area contributed by atoms with Gasteiger partial charge in [0.25, 0.3) is 0 Å². The van der Waals surface area contributed by atoms with E-state index in [1.807, 2.05) is 24.3 Å². The van der Waals surface area contributed by atoms with Gasteiger partial charge in [-0.2, -0.15) is 0 Å². The molecule has 3 heteroatoms. The number of hydrogen-bond donors (Lipinski definition) is 1. The Kier molecular flexibility index (Phi) is 4.31. The van der Waals surface area contributed by atoms with Crippen LogP contribution in [0.25, 0.3) is 0 Å². The second-order valence-corrected chi connectivity index (χ2v) is 3.35. The lowest BCUT2D eigenvalue weighted by Crippen LogP contribution is -2.22. The van der Waals surface area contributed by atoms with E-state index < -0.39 is 0 Å². The Morgan fingerprint density at radius 1 is 1.33 bits per heavy atom. The van der Waals surface area contributed by atoms with E-state index in [-0.39, 0.29) is 12.3 Å². The summed E-state index contributed by atoms with van der Waals surface area (Å²) in [7, 11) is 0. The number of anilines is 1. The van der Waals surface area contributed by atoms with Crippen molar-refractivity contribution in [3.63, 3.8) is 0 Å². The average Bonchev–Trinajstić information content (AvgIpc) is 2.30. The van der Waals surface area contributed by atoms with Crippen LogP contribution < -0.4 is 10.6 Å². The highest BCUT2D eigenvalue weighted by atomic mass is 16.1. The zero-order valence-electron chi connectivity index (χ0n) is 9.36. The highest BCUT2D eigenvalue weighted by molar-refractivity contribution is 5.98. The molecule has 82 valence electrons. The lowest BCUT2D eigenvalue weighted by molar-refractivity contribution is 0.100. The van der Waals surface area contributed by atoms with Gasteiger partial charge in [0.1, 0.15) is 0 Å². The van der Waals surface area contributed by atoms with Crippen LogP contribution in [0.4, 0.5) is 5.69 Å². The lowest BCUT2D eigenvalue weighted by Gasteiger charge is -2.21. The standard InChI is InChI=1S/C12H18N2O/c1-3-14(4-2)11-7-5-6-10(8-11)12(15)9-13/h5-8H,3-4,9,13H2,1-2H3. The van der Waals surface area contributed by atoms with Gasteiger partial charge < -0.3 is 10.6 Å². The molecule has 0 spiro atoms. The molecular weight excluding hydrogens is 188 g/mol. The molecule has 0 radical (unpaired) electrons. The molecule has 0 atom stereocenters. The molecule has 0 saturated heterocycles. The summed E-state index contributed by atoms with van der Waals surface area (Å²) in [6, 6.07) is 7.63. The minimum absolute atomic E-state index is 0.0102. The Morgan fingerprint density at radius 2 is 2.00 bits per heavy atom. The van der Waals surface area contributed by atoms with Crippen LogP contribution in [0, 0.1) is 0 Å². The number of nitrogens with two attached hydrogens (primary N) is 1. The van der Waals surface area contributed by atoms with Crippen LogP contribution in [0.15, 0.2) is 24.3 Å². The molecule has 0 heterocycles. The topological polar surface area (TPSA) is 46.3 Å². The van der Waals surface area contributed by atoms with Crippen molar-refractivity contribution in [1.29, 1.82) is 0 Å². The summed E-state index contributed by atoms with van der Waals surface area (Å²) in [6.07, 6.45) is 0. The number of carbonyl (C=O) groups excluding carboxylic acids is 1. The van der Waals surface area contributed by atoms with Gasteiger partial charge in [0, 0.05) is 24.3 Å². The van der Waals surface area contributed by atoms with E-state index in [1.165, 1.54) is 0 Å². The summed E-state index contributed by atoms with van der Waals surface area (Å²) in [4.78, 5) is 13.6. The number of Topliss-reactive ketones (excluding diaryl/α,β-unsaturated/α-hetero) is 1. The highest BCUT2D eigenvalue weighted by Crippen LogP contribution is 2.15. The molecule has 2 N–H and O–H groups in total. The van der Waals surface area contributed by atoms with Crippen LogP contribution in [0.3, 0.4) is 0 Å². The molecule has 0 unspecified atom stereocenters. The first-order valence-electron chi connectivity index (χ1n) is 5.31. The van der Waals surface area contributed by atoms with Crippen LogP contribution in [0.5, 0.6) is 0 Å². The van der Waals surface area contributed by atoms with Crippen molar-refractivity contribution >= 4 is 11.5 Å². The Labute approximate surface area is 90.9 Å². The zero-order chi connectivity index (χ0) is 11.3. The molecule has 1 aromatic rings. The number of ketones is 1. The number of hydrogen-bond acceptors (Lipinski definition) is 3. The largest absolute Gasteiger partial charge is 0.372 e. The summed E-state index contributed by atoms with van der Waals surface area (Å²) in [5.74, 6) is -0.0102. The summed E-state index contributed by atoms with van der Waals surface area (Å²) in [6.45, 7) is 6.15. The monoisotopic (exact) mass is 206 g/mol. The average molecular weight is 206 g/mol. The molecule has 0 fully saturated rings. The second kappa shape index (κ2) is 5.51. The zero-order valence-corrected chi connectivity index (χ0v) is 9.36. The molecule has 0 aromatic heterocycles. The highest BCUT2D eigenvalue weighted by Gasteiger charge is 2.06. The quantitative estimate of drug-likeness (QED) is 0.745. The molecule has 0 aliphatic carbocycles. The van der Waals surface area contributed by atoms with Gasteiger partial charge in [-0.1, -0.05) is 12.1 Å². The normalized spacial score (nSPS) is 10.1. The summed E-state index contributed by atoms with van der Waals surface area (Å²) >= 11 is 0. The maximum atomic E-state index is 11.4.